The highest BCUT2D eigenvalue weighted by atomic mass is 32.1. The summed E-state index contributed by atoms with van der Waals surface area (Å²) >= 11 is 1.47. The standard InChI is InChI=1S/C20H23FN2OS/c1-13-9-14-5-2-3-8-18(14)23(13)19(24)11-17-12-25-20(22-17)15-6-4-7-16(21)10-15/h4,6-7,10,12-14,18H,2-3,5,8-9,11H2,1H3. The molecule has 1 aliphatic heterocycles. The summed E-state index contributed by atoms with van der Waals surface area (Å²) in [7, 11) is 0. The fraction of sp³-hybridized carbons (Fsp3) is 0.500. The third-order valence-corrected chi connectivity index (χ3v) is 6.53. The van der Waals surface area contributed by atoms with Gasteiger partial charge in [0, 0.05) is 23.0 Å². The van der Waals surface area contributed by atoms with Gasteiger partial charge in [-0.3, -0.25) is 4.79 Å². The summed E-state index contributed by atoms with van der Waals surface area (Å²) in [4.78, 5) is 19.6. The zero-order valence-electron chi connectivity index (χ0n) is 14.5. The summed E-state index contributed by atoms with van der Waals surface area (Å²) < 4.78 is 13.4. The number of likely N-dealkylation sites (tertiary alicyclic amines) is 1. The van der Waals surface area contributed by atoms with Gasteiger partial charge < -0.3 is 4.90 Å². The van der Waals surface area contributed by atoms with Gasteiger partial charge in [-0.15, -0.1) is 11.3 Å². The van der Waals surface area contributed by atoms with Crippen LogP contribution in [0.2, 0.25) is 0 Å². The third kappa shape index (κ3) is 3.34. The molecule has 4 rings (SSSR count). The summed E-state index contributed by atoms with van der Waals surface area (Å²) in [6.07, 6.45) is 6.43. The van der Waals surface area contributed by atoms with E-state index in [2.05, 4.69) is 16.8 Å². The first kappa shape index (κ1) is 16.7. The van der Waals surface area contributed by atoms with Crippen molar-refractivity contribution in [2.75, 3.05) is 0 Å². The Balaban J connectivity index is 1.48. The van der Waals surface area contributed by atoms with Crippen LogP contribution in [0.25, 0.3) is 10.6 Å². The second-order valence-corrected chi connectivity index (χ2v) is 8.19. The SMILES string of the molecule is CC1CC2CCCCC2N1C(=O)Cc1csc(-c2cccc(F)c2)n1. The van der Waals surface area contributed by atoms with E-state index in [1.165, 1.54) is 42.7 Å². The Kier molecular flexibility index (Phi) is 4.59. The lowest BCUT2D eigenvalue weighted by Crippen LogP contribution is -2.43. The Morgan fingerprint density at radius 2 is 2.20 bits per heavy atom. The van der Waals surface area contributed by atoms with Crippen LogP contribution in [0.5, 0.6) is 0 Å². The van der Waals surface area contributed by atoms with E-state index in [4.69, 9.17) is 0 Å². The fourth-order valence-corrected chi connectivity index (χ4v) is 5.34. The number of hydrogen-bond donors (Lipinski definition) is 0. The summed E-state index contributed by atoms with van der Waals surface area (Å²) in [5.41, 5.74) is 1.56. The number of fused-ring (bicyclic) bond motifs is 1. The van der Waals surface area contributed by atoms with Gasteiger partial charge in [-0.25, -0.2) is 9.37 Å². The van der Waals surface area contributed by atoms with Crippen molar-refractivity contribution in [2.24, 2.45) is 5.92 Å². The third-order valence-electron chi connectivity index (χ3n) is 5.59. The van der Waals surface area contributed by atoms with E-state index in [0.29, 0.717) is 24.4 Å². The monoisotopic (exact) mass is 358 g/mol. The average Bonchev–Trinajstić information content (AvgIpc) is 3.18. The minimum absolute atomic E-state index is 0.193. The van der Waals surface area contributed by atoms with Crippen LogP contribution in [0, 0.1) is 11.7 Å². The van der Waals surface area contributed by atoms with Crippen molar-refractivity contribution in [3.63, 3.8) is 0 Å². The maximum absolute atomic E-state index is 13.4. The number of hydrogen-bond acceptors (Lipinski definition) is 3. The highest BCUT2D eigenvalue weighted by Gasteiger charge is 2.42. The lowest BCUT2D eigenvalue weighted by atomic mass is 9.85. The van der Waals surface area contributed by atoms with Gasteiger partial charge in [0.1, 0.15) is 10.8 Å². The van der Waals surface area contributed by atoms with Crippen LogP contribution in [-0.2, 0) is 11.2 Å². The van der Waals surface area contributed by atoms with E-state index in [1.807, 2.05) is 11.4 Å². The van der Waals surface area contributed by atoms with E-state index < -0.39 is 0 Å². The van der Waals surface area contributed by atoms with Crippen LogP contribution in [0.15, 0.2) is 29.6 Å². The molecule has 2 aliphatic rings. The van der Waals surface area contributed by atoms with Crippen LogP contribution in [-0.4, -0.2) is 27.9 Å². The summed E-state index contributed by atoms with van der Waals surface area (Å²) in [5.74, 6) is 0.614. The predicted octanol–water partition coefficient (Wildman–Crippen LogP) is 4.67. The minimum atomic E-state index is -0.264. The average molecular weight is 358 g/mol. The van der Waals surface area contributed by atoms with Gasteiger partial charge >= 0.3 is 0 Å². The van der Waals surface area contributed by atoms with Crippen molar-refractivity contribution in [3.05, 3.63) is 41.2 Å². The van der Waals surface area contributed by atoms with Crippen molar-refractivity contribution >= 4 is 17.2 Å². The Bertz CT molecular complexity index is 775. The van der Waals surface area contributed by atoms with Crippen LogP contribution in [0.4, 0.5) is 4.39 Å². The first-order valence-electron chi connectivity index (χ1n) is 9.13. The van der Waals surface area contributed by atoms with Gasteiger partial charge in [-0.2, -0.15) is 0 Å². The molecule has 1 aliphatic carbocycles. The van der Waals surface area contributed by atoms with Gasteiger partial charge in [-0.1, -0.05) is 25.0 Å². The topological polar surface area (TPSA) is 33.2 Å². The molecule has 1 aromatic heterocycles. The zero-order chi connectivity index (χ0) is 17.4. The normalized spacial score (nSPS) is 25.8. The molecule has 0 bridgehead atoms. The molecule has 0 N–H and O–H groups in total. The van der Waals surface area contributed by atoms with Crippen molar-refractivity contribution < 1.29 is 9.18 Å². The van der Waals surface area contributed by atoms with Crippen LogP contribution < -0.4 is 0 Å². The Morgan fingerprint density at radius 3 is 3.04 bits per heavy atom. The van der Waals surface area contributed by atoms with E-state index in [0.717, 1.165) is 29.1 Å². The smallest absolute Gasteiger partial charge is 0.229 e. The number of benzene rings is 1. The molecule has 2 heterocycles. The molecule has 1 saturated carbocycles. The first-order valence-corrected chi connectivity index (χ1v) is 10.0. The molecule has 3 unspecified atom stereocenters. The first-order chi connectivity index (χ1) is 12.1. The number of rotatable bonds is 3. The van der Waals surface area contributed by atoms with E-state index in [9.17, 15) is 9.18 Å². The Hall–Kier alpha value is -1.75. The number of nitrogens with zero attached hydrogens (tertiary/aromatic N) is 2. The molecule has 2 aromatic rings. The van der Waals surface area contributed by atoms with Gasteiger partial charge in [0.25, 0.3) is 0 Å². The molecular weight excluding hydrogens is 335 g/mol. The number of carbonyl (C=O) groups excluding carboxylic acids is 1. The van der Waals surface area contributed by atoms with Crippen LogP contribution in [0.3, 0.4) is 0 Å². The number of aromatic nitrogens is 1. The highest BCUT2D eigenvalue weighted by Crippen LogP contribution is 2.39. The molecule has 3 nitrogen and oxygen atoms in total. The van der Waals surface area contributed by atoms with E-state index in [-0.39, 0.29) is 11.7 Å². The summed E-state index contributed by atoms with van der Waals surface area (Å²) in [6.45, 7) is 2.18. The van der Waals surface area contributed by atoms with E-state index >= 15 is 0 Å². The molecule has 1 aromatic carbocycles. The highest BCUT2D eigenvalue weighted by molar-refractivity contribution is 7.13. The second kappa shape index (κ2) is 6.87. The molecule has 1 amide bonds. The number of amides is 1. The maximum Gasteiger partial charge on any atom is 0.229 e. The molecule has 2 fully saturated rings. The molecule has 3 atom stereocenters. The van der Waals surface area contributed by atoms with Crippen molar-refractivity contribution in [1.82, 2.24) is 9.88 Å². The molecule has 25 heavy (non-hydrogen) atoms. The molecule has 132 valence electrons. The zero-order valence-corrected chi connectivity index (χ0v) is 15.3. The predicted molar refractivity (Wildman–Crippen MR) is 97.9 cm³/mol. The second-order valence-electron chi connectivity index (χ2n) is 7.33. The lowest BCUT2D eigenvalue weighted by Gasteiger charge is -2.33. The van der Waals surface area contributed by atoms with Gasteiger partial charge in [0.05, 0.1) is 12.1 Å². The fourth-order valence-electron chi connectivity index (χ4n) is 4.53. The van der Waals surface area contributed by atoms with Crippen molar-refractivity contribution in [2.45, 2.75) is 57.5 Å². The van der Waals surface area contributed by atoms with Crippen LogP contribution in [0.1, 0.15) is 44.7 Å². The van der Waals surface area contributed by atoms with Crippen LogP contribution >= 0.6 is 11.3 Å². The largest absolute Gasteiger partial charge is 0.336 e. The van der Waals surface area contributed by atoms with Gasteiger partial charge in [-0.05, 0) is 44.2 Å². The quantitative estimate of drug-likeness (QED) is 0.799. The molecule has 1 saturated heterocycles. The Morgan fingerprint density at radius 1 is 1.36 bits per heavy atom. The molecule has 0 spiro atoms. The van der Waals surface area contributed by atoms with E-state index in [1.54, 1.807) is 6.07 Å². The summed E-state index contributed by atoms with van der Waals surface area (Å²) in [6, 6.07) is 7.21. The maximum atomic E-state index is 13.4. The summed E-state index contributed by atoms with van der Waals surface area (Å²) in [5, 5.41) is 2.70. The molecule has 5 heteroatoms. The Labute approximate surface area is 151 Å². The minimum Gasteiger partial charge on any atom is -0.336 e. The number of halogens is 1. The lowest BCUT2D eigenvalue weighted by molar-refractivity contribution is -0.133. The van der Waals surface area contributed by atoms with Crippen molar-refractivity contribution in [1.29, 1.82) is 0 Å². The number of carbonyl (C=O) groups is 1. The van der Waals surface area contributed by atoms with Gasteiger partial charge in [0.15, 0.2) is 0 Å². The molecule has 0 radical (unpaired) electrons. The number of thiazole rings is 1. The van der Waals surface area contributed by atoms with Gasteiger partial charge in [0.2, 0.25) is 5.91 Å². The van der Waals surface area contributed by atoms with Crippen molar-refractivity contribution in [3.8, 4) is 10.6 Å². The molecular formula is C20H23FN2OS.